The van der Waals surface area contributed by atoms with E-state index in [1.807, 2.05) is 0 Å². The van der Waals surface area contributed by atoms with Gasteiger partial charge < -0.3 is 4.74 Å². The summed E-state index contributed by atoms with van der Waals surface area (Å²) in [6.45, 7) is 0. The van der Waals surface area contributed by atoms with Gasteiger partial charge in [-0.2, -0.15) is 0 Å². The Morgan fingerprint density at radius 3 is 2.93 bits per heavy atom. The zero-order chi connectivity index (χ0) is 10.3. The number of hydrogen-bond donors (Lipinski definition) is 0. The maximum absolute atomic E-state index is 11.8. The lowest BCUT2D eigenvalue weighted by molar-refractivity contribution is -0.125. The number of rotatable bonds is 0. The van der Waals surface area contributed by atoms with Crippen molar-refractivity contribution in [3.8, 4) is 0 Å². The lowest BCUT2D eigenvalue weighted by Crippen LogP contribution is -2.45. The van der Waals surface area contributed by atoms with Crippen molar-refractivity contribution in [2.75, 3.05) is 0 Å². The van der Waals surface area contributed by atoms with Crippen LogP contribution in [0.1, 0.15) is 12.8 Å². The minimum Gasteiger partial charge on any atom is -0.495 e. The Kier molecular flexibility index (Phi) is 3.24. The number of allylic oxidation sites excluding steroid dienone is 1. The number of carbonyl (C=O) groups is 1. The highest BCUT2D eigenvalue weighted by Crippen LogP contribution is 2.39. The summed E-state index contributed by atoms with van der Waals surface area (Å²) < 4.78 is 6.01. The normalized spacial score (nSPS) is 42.5. The van der Waals surface area contributed by atoms with Crippen LogP contribution >= 0.6 is 43.5 Å². The van der Waals surface area contributed by atoms with Crippen LogP contribution < -0.4 is 0 Å². The third kappa shape index (κ3) is 1.89. The van der Waals surface area contributed by atoms with Gasteiger partial charge in [-0.05, 0) is 28.8 Å². The van der Waals surface area contributed by atoms with Gasteiger partial charge in [-0.25, -0.2) is 0 Å². The van der Waals surface area contributed by atoms with Crippen molar-refractivity contribution in [1.82, 2.24) is 0 Å². The van der Waals surface area contributed by atoms with E-state index in [-0.39, 0.29) is 28.0 Å². The molecule has 4 atom stereocenters. The van der Waals surface area contributed by atoms with E-state index in [2.05, 4.69) is 31.9 Å². The van der Waals surface area contributed by atoms with E-state index in [4.69, 9.17) is 16.3 Å². The number of ketones is 1. The monoisotopic (exact) mass is 342 g/mol. The fourth-order valence-corrected chi connectivity index (χ4v) is 3.89. The van der Waals surface area contributed by atoms with Crippen molar-refractivity contribution in [1.29, 1.82) is 0 Å². The van der Waals surface area contributed by atoms with E-state index in [9.17, 15) is 4.79 Å². The summed E-state index contributed by atoms with van der Waals surface area (Å²) in [4.78, 5) is 11.9. The molecule has 78 valence electrons. The Bertz CT molecular complexity index is 293. The maximum Gasteiger partial charge on any atom is 0.179 e. The second kappa shape index (κ2) is 4.14. The molecule has 0 bridgehead atoms. The highest BCUT2D eigenvalue weighted by Gasteiger charge is 2.43. The molecule has 14 heavy (non-hydrogen) atoms. The van der Waals surface area contributed by atoms with E-state index < -0.39 is 0 Å². The smallest absolute Gasteiger partial charge is 0.179 e. The topological polar surface area (TPSA) is 26.3 Å². The average molecular weight is 344 g/mol. The largest absolute Gasteiger partial charge is 0.495 e. The first-order valence-corrected chi connectivity index (χ1v) is 6.57. The van der Waals surface area contributed by atoms with Gasteiger partial charge in [0.2, 0.25) is 0 Å². The number of alkyl halides is 2. The zero-order valence-electron chi connectivity index (χ0n) is 7.25. The first-order chi connectivity index (χ1) is 6.59. The highest BCUT2D eigenvalue weighted by molar-refractivity contribution is 9.12. The first-order valence-electron chi connectivity index (χ1n) is 4.43. The number of fused-ring (bicyclic) bond motifs is 1. The molecule has 2 rings (SSSR count). The Morgan fingerprint density at radius 2 is 2.21 bits per heavy atom. The summed E-state index contributed by atoms with van der Waals surface area (Å²) in [7, 11) is 0. The second-order valence-corrected chi connectivity index (χ2v) is 6.27. The van der Waals surface area contributed by atoms with Gasteiger partial charge in [0.05, 0.1) is 15.2 Å². The minimum atomic E-state index is -0.102. The Balaban J connectivity index is 2.23. The molecule has 0 aromatic heterocycles. The van der Waals surface area contributed by atoms with Crippen LogP contribution in [0.5, 0.6) is 0 Å². The lowest BCUT2D eigenvalue weighted by atomic mass is 9.82. The van der Waals surface area contributed by atoms with Crippen molar-refractivity contribution in [2.45, 2.75) is 29.1 Å². The summed E-state index contributed by atoms with van der Waals surface area (Å²) >= 11 is 12.8. The molecule has 2 aliphatic rings. The summed E-state index contributed by atoms with van der Waals surface area (Å²) in [5, 5.41) is 0.0616. The van der Waals surface area contributed by atoms with Gasteiger partial charge in [0.15, 0.2) is 5.78 Å². The van der Waals surface area contributed by atoms with E-state index in [1.54, 1.807) is 0 Å². The Labute approximate surface area is 104 Å². The van der Waals surface area contributed by atoms with Gasteiger partial charge >= 0.3 is 0 Å². The number of carbonyl (C=O) groups excluding carboxylic acids is 1. The number of hydrogen-bond acceptors (Lipinski definition) is 2. The molecular weight excluding hydrogens is 335 g/mol. The lowest BCUT2D eigenvalue weighted by Gasteiger charge is -2.38. The molecule has 1 heterocycles. The maximum atomic E-state index is 11.8. The van der Waals surface area contributed by atoms with Crippen LogP contribution in [0.15, 0.2) is 10.7 Å². The van der Waals surface area contributed by atoms with Crippen molar-refractivity contribution in [3.63, 3.8) is 0 Å². The molecule has 1 saturated carbocycles. The van der Waals surface area contributed by atoms with Gasteiger partial charge in [-0.15, -0.1) is 11.6 Å². The van der Waals surface area contributed by atoms with Crippen LogP contribution in [0.3, 0.4) is 0 Å². The van der Waals surface area contributed by atoms with Crippen molar-refractivity contribution < 1.29 is 9.53 Å². The van der Waals surface area contributed by atoms with Gasteiger partial charge in [-0.3, -0.25) is 4.79 Å². The first kappa shape index (κ1) is 11.0. The van der Waals surface area contributed by atoms with Crippen LogP contribution in [-0.4, -0.2) is 22.1 Å². The van der Waals surface area contributed by atoms with E-state index >= 15 is 0 Å². The molecule has 0 aromatic carbocycles. The third-order valence-electron chi connectivity index (χ3n) is 2.64. The zero-order valence-corrected chi connectivity index (χ0v) is 11.2. The summed E-state index contributed by atoms with van der Waals surface area (Å²) in [5.74, 6) is 0.00560. The molecule has 0 N–H and O–H groups in total. The molecule has 1 fully saturated rings. The third-order valence-corrected chi connectivity index (χ3v) is 4.47. The van der Waals surface area contributed by atoms with Crippen molar-refractivity contribution in [3.05, 3.63) is 10.7 Å². The van der Waals surface area contributed by atoms with Crippen molar-refractivity contribution in [2.24, 2.45) is 5.92 Å². The van der Waals surface area contributed by atoms with Gasteiger partial charge in [0.1, 0.15) is 12.4 Å². The highest BCUT2D eigenvalue weighted by atomic mass is 79.9. The van der Waals surface area contributed by atoms with Crippen LogP contribution in [0.4, 0.5) is 0 Å². The summed E-state index contributed by atoms with van der Waals surface area (Å²) in [6, 6.07) is 0. The van der Waals surface area contributed by atoms with Crippen molar-refractivity contribution >= 4 is 49.2 Å². The predicted octanol–water partition coefficient (Wildman–Crippen LogP) is 2.97. The Morgan fingerprint density at radius 1 is 1.50 bits per heavy atom. The molecule has 0 radical (unpaired) electrons. The molecular formula is C9H9Br2ClO2. The number of halogens is 3. The molecule has 1 aliphatic carbocycles. The molecule has 5 heteroatoms. The molecule has 0 amide bonds. The van der Waals surface area contributed by atoms with Gasteiger partial charge in [-0.1, -0.05) is 15.9 Å². The SMILES string of the molecule is O=C1C(Br)=COC2C(Br)CC(Cl)CC12. The summed E-state index contributed by atoms with van der Waals surface area (Å²) in [6.07, 6.45) is 2.99. The van der Waals surface area contributed by atoms with Crippen LogP contribution in [0.2, 0.25) is 0 Å². The standard InChI is InChI=1S/C9H9Br2ClO2/c10-6-2-4(12)1-5-8(13)7(11)3-14-9(5)6/h3-6,9H,1-2H2. The van der Waals surface area contributed by atoms with Crippen LogP contribution in [-0.2, 0) is 9.53 Å². The molecule has 0 saturated heterocycles. The van der Waals surface area contributed by atoms with Gasteiger partial charge in [0.25, 0.3) is 0 Å². The van der Waals surface area contributed by atoms with Crippen LogP contribution in [0.25, 0.3) is 0 Å². The van der Waals surface area contributed by atoms with Gasteiger partial charge in [0, 0.05) is 5.38 Å². The summed E-state index contributed by atoms with van der Waals surface area (Å²) in [5.41, 5.74) is 0. The average Bonchev–Trinajstić information content (AvgIpc) is 2.12. The number of Topliss-reactive ketones (excluding diaryl/α,β-unsaturated/α-hetero) is 1. The molecule has 0 spiro atoms. The predicted molar refractivity (Wildman–Crippen MR) is 62.0 cm³/mol. The quantitative estimate of drug-likeness (QED) is 0.632. The minimum absolute atomic E-state index is 0.0567. The molecule has 4 unspecified atom stereocenters. The second-order valence-electron chi connectivity index (χ2n) is 3.62. The molecule has 0 aromatic rings. The Hall–Kier alpha value is 0.460. The number of ether oxygens (including phenoxy) is 1. The van der Waals surface area contributed by atoms with Crippen LogP contribution in [0, 0.1) is 5.92 Å². The molecule has 1 aliphatic heterocycles. The van der Waals surface area contributed by atoms with E-state index in [0.717, 1.165) is 6.42 Å². The molecule has 2 nitrogen and oxygen atoms in total. The fraction of sp³-hybridized carbons (Fsp3) is 0.667. The van der Waals surface area contributed by atoms with E-state index in [1.165, 1.54) is 6.26 Å². The fourth-order valence-electron chi connectivity index (χ4n) is 1.95. The van der Waals surface area contributed by atoms with E-state index in [0.29, 0.717) is 10.9 Å².